The number of nitrogens with one attached hydrogen (secondary N) is 1. The molecule has 1 saturated heterocycles. The van der Waals surface area contributed by atoms with Gasteiger partial charge in [-0.2, -0.15) is 0 Å². The van der Waals surface area contributed by atoms with Crippen molar-refractivity contribution in [2.45, 2.75) is 45.1 Å². The van der Waals surface area contributed by atoms with Gasteiger partial charge in [0.05, 0.1) is 6.42 Å². The van der Waals surface area contributed by atoms with E-state index in [9.17, 15) is 19.2 Å². The fourth-order valence-corrected chi connectivity index (χ4v) is 4.10. The summed E-state index contributed by atoms with van der Waals surface area (Å²) >= 11 is 0. The number of rotatable bonds is 12. The van der Waals surface area contributed by atoms with E-state index in [0.717, 1.165) is 18.4 Å². The normalized spacial score (nSPS) is 16.5. The highest BCUT2D eigenvalue weighted by Gasteiger charge is 2.36. The molecule has 1 N–H and O–H groups in total. The van der Waals surface area contributed by atoms with E-state index < -0.39 is 11.9 Å². The van der Waals surface area contributed by atoms with Gasteiger partial charge >= 0.3 is 5.97 Å². The number of hydrogen-bond acceptors (Lipinski definition) is 5. The largest absolute Gasteiger partial charge is 0.461 e. The third-order valence-corrected chi connectivity index (χ3v) is 6.30. The van der Waals surface area contributed by atoms with E-state index >= 15 is 0 Å². The lowest BCUT2D eigenvalue weighted by Gasteiger charge is -2.36. The molecule has 0 unspecified atom stereocenters. The number of piperazine rings is 1. The van der Waals surface area contributed by atoms with Crippen LogP contribution in [0.2, 0.25) is 0 Å². The van der Waals surface area contributed by atoms with Crippen molar-refractivity contribution in [2.24, 2.45) is 11.8 Å². The monoisotopic (exact) mass is 469 g/mol. The molecule has 8 heteroatoms. The number of hydrogen-bond donors (Lipinski definition) is 1. The molecule has 2 fully saturated rings. The first-order valence-corrected chi connectivity index (χ1v) is 12.2. The van der Waals surface area contributed by atoms with Crippen molar-refractivity contribution in [1.29, 1.82) is 0 Å². The fraction of sp³-hybridized carbons (Fsp3) is 0.538. The molecular formula is C26H35N3O5. The van der Waals surface area contributed by atoms with Gasteiger partial charge in [-0.3, -0.25) is 19.2 Å². The van der Waals surface area contributed by atoms with Crippen LogP contribution < -0.4 is 5.32 Å². The topological polar surface area (TPSA) is 96.0 Å². The zero-order chi connectivity index (χ0) is 24.3. The van der Waals surface area contributed by atoms with Gasteiger partial charge in [-0.1, -0.05) is 43.3 Å². The van der Waals surface area contributed by atoms with Crippen molar-refractivity contribution in [3.63, 3.8) is 0 Å². The number of esters is 1. The van der Waals surface area contributed by atoms with Crippen molar-refractivity contribution in [1.82, 2.24) is 15.1 Å². The van der Waals surface area contributed by atoms with Crippen LogP contribution in [0.15, 0.2) is 43.0 Å². The van der Waals surface area contributed by atoms with Gasteiger partial charge in [0.2, 0.25) is 17.7 Å². The van der Waals surface area contributed by atoms with Crippen molar-refractivity contribution in [3.8, 4) is 0 Å². The Labute approximate surface area is 201 Å². The molecule has 1 heterocycles. The fourth-order valence-electron chi connectivity index (χ4n) is 4.10. The van der Waals surface area contributed by atoms with Crippen LogP contribution in [0, 0.1) is 11.8 Å². The molecular weight excluding hydrogens is 434 g/mol. The van der Waals surface area contributed by atoms with Crippen LogP contribution in [0.1, 0.15) is 44.1 Å². The van der Waals surface area contributed by atoms with Crippen molar-refractivity contribution < 1.29 is 23.9 Å². The van der Waals surface area contributed by atoms with Crippen LogP contribution in [0.25, 0.3) is 0 Å². The number of ether oxygens (including phenoxy) is 1. The Hall–Kier alpha value is -3.16. The molecule has 0 radical (unpaired) electrons. The standard InChI is InChI=1S/C26H35N3O5/c1-2-23(30)27-13-7-6-10-22(18-24(31)34-19-20-8-4-3-5-9-20)26(33)29-16-14-28(15-17-29)25(32)21-11-12-21/h2-5,8-9,21-22H,1,6-7,10-19H2,(H,27,30)/t22-/m1/s1. The van der Waals surface area contributed by atoms with Gasteiger partial charge in [0.15, 0.2) is 0 Å². The van der Waals surface area contributed by atoms with Gasteiger partial charge in [0.25, 0.3) is 0 Å². The number of nitrogens with zero attached hydrogens (tertiary/aromatic N) is 2. The lowest BCUT2D eigenvalue weighted by molar-refractivity contribution is -0.151. The summed E-state index contributed by atoms with van der Waals surface area (Å²) in [5.41, 5.74) is 0.896. The molecule has 0 bridgehead atoms. The summed E-state index contributed by atoms with van der Waals surface area (Å²) in [4.78, 5) is 53.0. The quantitative estimate of drug-likeness (QED) is 0.288. The van der Waals surface area contributed by atoms with E-state index in [1.165, 1.54) is 6.08 Å². The lowest BCUT2D eigenvalue weighted by Crippen LogP contribution is -2.52. The van der Waals surface area contributed by atoms with Crippen LogP contribution in [0.5, 0.6) is 0 Å². The van der Waals surface area contributed by atoms with Crippen molar-refractivity contribution in [3.05, 3.63) is 48.6 Å². The van der Waals surface area contributed by atoms with E-state index in [4.69, 9.17) is 4.74 Å². The van der Waals surface area contributed by atoms with E-state index in [1.807, 2.05) is 35.2 Å². The predicted octanol–water partition coefficient (Wildman–Crippen LogP) is 2.29. The van der Waals surface area contributed by atoms with Crippen LogP contribution in [0.3, 0.4) is 0 Å². The second kappa shape index (κ2) is 12.9. The highest BCUT2D eigenvalue weighted by atomic mass is 16.5. The number of benzene rings is 1. The zero-order valence-electron chi connectivity index (χ0n) is 19.7. The summed E-state index contributed by atoms with van der Waals surface area (Å²) in [6.07, 6.45) is 5.11. The Bertz CT molecular complexity index is 860. The van der Waals surface area contributed by atoms with Crippen molar-refractivity contribution >= 4 is 23.7 Å². The van der Waals surface area contributed by atoms with Crippen LogP contribution in [0.4, 0.5) is 0 Å². The van der Waals surface area contributed by atoms with E-state index in [0.29, 0.717) is 52.0 Å². The van der Waals surface area contributed by atoms with E-state index in [-0.39, 0.29) is 36.7 Å². The number of amides is 3. The molecule has 184 valence electrons. The van der Waals surface area contributed by atoms with Crippen LogP contribution in [-0.4, -0.2) is 66.2 Å². The maximum atomic E-state index is 13.3. The second-order valence-corrected chi connectivity index (χ2v) is 8.96. The highest BCUT2D eigenvalue weighted by Crippen LogP contribution is 2.31. The Morgan fingerprint density at radius 3 is 2.35 bits per heavy atom. The predicted molar refractivity (Wildman–Crippen MR) is 127 cm³/mol. The lowest BCUT2D eigenvalue weighted by atomic mass is 9.96. The first-order chi connectivity index (χ1) is 16.5. The third kappa shape index (κ3) is 8.01. The molecule has 1 saturated carbocycles. The summed E-state index contributed by atoms with van der Waals surface area (Å²) in [6, 6.07) is 9.43. The van der Waals surface area contributed by atoms with E-state index in [1.54, 1.807) is 4.90 Å². The number of carbonyl (C=O) groups excluding carboxylic acids is 4. The Kier molecular flexibility index (Phi) is 9.67. The smallest absolute Gasteiger partial charge is 0.306 e. The van der Waals surface area contributed by atoms with Gasteiger partial charge in [0.1, 0.15) is 6.61 Å². The van der Waals surface area contributed by atoms with Gasteiger partial charge in [-0.15, -0.1) is 0 Å². The third-order valence-electron chi connectivity index (χ3n) is 6.30. The Balaban J connectivity index is 1.50. The summed E-state index contributed by atoms with van der Waals surface area (Å²) in [5, 5.41) is 2.73. The van der Waals surface area contributed by atoms with Crippen molar-refractivity contribution in [2.75, 3.05) is 32.7 Å². The Morgan fingerprint density at radius 1 is 1.03 bits per heavy atom. The molecule has 1 atom stereocenters. The van der Waals surface area contributed by atoms with Gasteiger partial charge < -0.3 is 19.9 Å². The molecule has 3 amide bonds. The molecule has 1 aliphatic heterocycles. The Morgan fingerprint density at radius 2 is 1.71 bits per heavy atom. The zero-order valence-corrected chi connectivity index (χ0v) is 19.7. The first kappa shape index (κ1) is 25.5. The number of unbranched alkanes of at least 4 members (excludes halogenated alkanes) is 1. The molecule has 1 aromatic carbocycles. The molecule has 34 heavy (non-hydrogen) atoms. The van der Waals surface area contributed by atoms with Gasteiger partial charge in [-0.05, 0) is 37.3 Å². The second-order valence-electron chi connectivity index (χ2n) is 8.96. The minimum Gasteiger partial charge on any atom is -0.461 e. The molecule has 1 aromatic rings. The summed E-state index contributed by atoms with van der Waals surface area (Å²) in [6.45, 7) is 6.15. The molecule has 1 aliphatic carbocycles. The minimum atomic E-state index is -0.482. The van der Waals surface area contributed by atoms with E-state index in [2.05, 4.69) is 11.9 Å². The SMILES string of the molecule is C=CC(=O)NCCCC[C@H](CC(=O)OCc1ccccc1)C(=O)N1CCN(C(=O)C2CC2)CC1. The minimum absolute atomic E-state index is 0.0197. The average Bonchev–Trinajstić information content (AvgIpc) is 3.72. The molecule has 0 aromatic heterocycles. The maximum Gasteiger partial charge on any atom is 0.306 e. The molecule has 0 spiro atoms. The first-order valence-electron chi connectivity index (χ1n) is 12.2. The average molecular weight is 470 g/mol. The van der Waals surface area contributed by atoms with Crippen LogP contribution in [-0.2, 0) is 30.5 Å². The van der Waals surface area contributed by atoms with Crippen LogP contribution >= 0.6 is 0 Å². The maximum absolute atomic E-state index is 13.3. The van der Waals surface area contributed by atoms with Gasteiger partial charge in [-0.25, -0.2) is 0 Å². The summed E-state index contributed by atoms with van der Waals surface area (Å²) in [7, 11) is 0. The summed E-state index contributed by atoms with van der Waals surface area (Å²) < 4.78 is 5.42. The molecule has 3 rings (SSSR count). The molecule has 2 aliphatic rings. The highest BCUT2D eigenvalue weighted by molar-refractivity contribution is 5.86. The van der Waals surface area contributed by atoms with Gasteiger partial charge in [0, 0.05) is 44.6 Å². The summed E-state index contributed by atoms with van der Waals surface area (Å²) in [5.74, 6) is -0.791. The molecule has 8 nitrogen and oxygen atoms in total. The number of carbonyl (C=O) groups is 4.